The number of hydrogen-bond acceptors (Lipinski definition) is 5. The van der Waals surface area contributed by atoms with Crippen LogP contribution in [0, 0.1) is 6.92 Å². The number of aryl methyl sites for hydroxylation is 1. The van der Waals surface area contributed by atoms with Crippen LogP contribution in [0.15, 0.2) is 107 Å². The monoisotopic (exact) mass is 568 g/mol. The largest absolute Gasteiger partial charge is 0.507 e. The standard InChI is InChI=1S/C31H25BrN2O4/c1-20-4-2-5-22(16-20)19-38-26-10-8-23(9-11-26)29(35)27-28(24-6-3-7-25(32)17-24)34(31(37)30(27)36)18-21-12-14-33-15-13-21/h2-17,28,35H,18-19H2,1H3/b29-27-. The van der Waals surface area contributed by atoms with Gasteiger partial charge in [0.15, 0.2) is 0 Å². The molecule has 7 heteroatoms. The molecule has 0 bridgehead atoms. The molecule has 2 heterocycles. The van der Waals surface area contributed by atoms with Crippen LogP contribution in [0.5, 0.6) is 5.75 Å². The molecule has 1 saturated heterocycles. The van der Waals surface area contributed by atoms with E-state index in [1.54, 1.807) is 48.8 Å². The van der Waals surface area contributed by atoms with Gasteiger partial charge in [-0.15, -0.1) is 0 Å². The number of ether oxygens (including phenoxy) is 1. The van der Waals surface area contributed by atoms with Gasteiger partial charge in [-0.3, -0.25) is 14.6 Å². The van der Waals surface area contributed by atoms with E-state index in [1.165, 1.54) is 4.90 Å². The Morgan fingerprint density at radius 1 is 0.947 bits per heavy atom. The van der Waals surface area contributed by atoms with Gasteiger partial charge in [-0.1, -0.05) is 57.9 Å². The number of aromatic nitrogens is 1. The third-order valence-corrected chi connectivity index (χ3v) is 6.92. The summed E-state index contributed by atoms with van der Waals surface area (Å²) in [5, 5.41) is 11.3. The van der Waals surface area contributed by atoms with Crippen LogP contribution < -0.4 is 4.74 Å². The second-order valence-corrected chi connectivity index (χ2v) is 10.1. The van der Waals surface area contributed by atoms with Gasteiger partial charge in [-0.05, 0) is 72.1 Å². The number of rotatable bonds is 7. The highest BCUT2D eigenvalue weighted by Crippen LogP contribution is 2.41. The molecule has 5 rings (SSSR count). The second kappa shape index (κ2) is 11.0. The van der Waals surface area contributed by atoms with Gasteiger partial charge in [0.2, 0.25) is 0 Å². The van der Waals surface area contributed by atoms with E-state index in [2.05, 4.69) is 27.0 Å². The highest BCUT2D eigenvalue weighted by molar-refractivity contribution is 9.10. The van der Waals surface area contributed by atoms with Gasteiger partial charge in [0.05, 0.1) is 11.6 Å². The fourth-order valence-electron chi connectivity index (χ4n) is 4.58. The van der Waals surface area contributed by atoms with Gasteiger partial charge >= 0.3 is 0 Å². The minimum absolute atomic E-state index is 0.0515. The summed E-state index contributed by atoms with van der Waals surface area (Å²) in [5.74, 6) is -0.978. The molecule has 1 atom stereocenters. The van der Waals surface area contributed by atoms with E-state index in [0.717, 1.165) is 21.2 Å². The number of ketones is 1. The van der Waals surface area contributed by atoms with Crippen molar-refractivity contribution in [3.63, 3.8) is 0 Å². The first-order chi connectivity index (χ1) is 18.4. The first-order valence-corrected chi connectivity index (χ1v) is 12.9. The summed E-state index contributed by atoms with van der Waals surface area (Å²) in [7, 11) is 0. The molecule has 3 aromatic carbocycles. The molecular weight excluding hydrogens is 544 g/mol. The molecule has 0 spiro atoms. The topological polar surface area (TPSA) is 79.7 Å². The molecule has 1 N–H and O–H groups in total. The van der Waals surface area contributed by atoms with Crippen molar-refractivity contribution in [2.75, 3.05) is 0 Å². The SMILES string of the molecule is Cc1cccc(COc2ccc(/C(O)=C3/C(=O)C(=O)N(Cc4ccncc4)C3c3cccc(Br)c3)cc2)c1. The zero-order chi connectivity index (χ0) is 26.6. The summed E-state index contributed by atoms with van der Waals surface area (Å²) in [4.78, 5) is 32.0. The summed E-state index contributed by atoms with van der Waals surface area (Å²) in [6.45, 7) is 2.64. The maximum Gasteiger partial charge on any atom is 0.295 e. The Bertz CT molecular complexity index is 1520. The van der Waals surface area contributed by atoms with Gasteiger partial charge in [0.25, 0.3) is 11.7 Å². The second-order valence-electron chi connectivity index (χ2n) is 9.14. The first-order valence-electron chi connectivity index (χ1n) is 12.1. The molecular formula is C31H25BrN2O4. The van der Waals surface area contributed by atoms with Crippen molar-refractivity contribution in [2.45, 2.75) is 26.1 Å². The lowest BCUT2D eigenvalue weighted by molar-refractivity contribution is -0.140. The Morgan fingerprint density at radius 3 is 2.39 bits per heavy atom. The van der Waals surface area contributed by atoms with Crippen molar-refractivity contribution in [1.29, 1.82) is 0 Å². The Morgan fingerprint density at radius 2 is 1.68 bits per heavy atom. The van der Waals surface area contributed by atoms with Crippen LogP contribution in [0.4, 0.5) is 0 Å². The zero-order valence-corrected chi connectivity index (χ0v) is 22.3. The van der Waals surface area contributed by atoms with Crippen molar-refractivity contribution in [2.24, 2.45) is 0 Å². The van der Waals surface area contributed by atoms with Gasteiger partial charge in [-0.2, -0.15) is 0 Å². The Labute approximate surface area is 229 Å². The van der Waals surface area contributed by atoms with Crippen molar-refractivity contribution in [3.05, 3.63) is 135 Å². The number of benzene rings is 3. The summed E-state index contributed by atoms with van der Waals surface area (Å²) in [5.41, 5.74) is 4.24. The predicted molar refractivity (Wildman–Crippen MR) is 148 cm³/mol. The van der Waals surface area contributed by atoms with E-state index >= 15 is 0 Å². The summed E-state index contributed by atoms with van der Waals surface area (Å²) in [6, 6.07) is 25.2. The van der Waals surface area contributed by atoms with Crippen molar-refractivity contribution in [1.82, 2.24) is 9.88 Å². The predicted octanol–water partition coefficient (Wildman–Crippen LogP) is 6.35. The molecule has 1 aromatic heterocycles. The summed E-state index contributed by atoms with van der Waals surface area (Å²) in [6.07, 6.45) is 3.28. The fourth-order valence-corrected chi connectivity index (χ4v) is 5.00. The lowest BCUT2D eigenvalue weighted by atomic mass is 9.95. The molecule has 0 saturated carbocycles. The van der Waals surface area contributed by atoms with Crippen LogP contribution >= 0.6 is 15.9 Å². The minimum atomic E-state index is -0.752. The molecule has 0 aliphatic carbocycles. The third kappa shape index (κ3) is 5.38. The maximum absolute atomic E-state index is 13.3. The molecule has 6 nitrogen and oxygen atoms in total. The van der Waals surface area contributed by atoms with E-state index in [1.807, 2.05) is 49.4 Å². The van der Waals surface area contributed by atoms with E-state index < -0.39 is 17.7 Å². The number of likely N-dealkylation sites (tertiary alicyclic amines) is 1. The molecule has 0 radical (unpaired) electrons. The van der Waals surface area contributed by atoms with E-state index in [0.29, 0.717) is 23.5 Å². The lowest BCUT2D eigenvalue weighted by Crippen LogP contribution is -2.29. The molecule has 1 aliphatic heterocycles. The smallest absolute Gasteiger partial charge is 0.295 e. The number of nitrogens with zero attached hydrogens (tertiary/aromatic N) is 2. The van der Waals surface area contributed by atoms with Crippen molar-refractivity contribution < 1.29 is 19.4 Å². The highest BCUT2D eigenvalue weighted by Gasteiger charge is 2.46. The van der Waals surface area contributed by atoms with Crippen molar-refractivity contribution in [3.8, 4) is 5.75 Å². The Balaban J connectivity index is 1.47. The van der Waals surface area contributed by atoms with E-state index in [-0.39, 0.29) is 17.9 Å². The number of aliphatic hydroxyl groups is 1. The van der Waals surface area contributed by atoms with E-state index in [4.69, 9.17) is 4.74 Å². The number of pyridine rings is 1. The number of halogens is 1. The van der Waals surface area contributed by atoms with Gasteiger partial charge in [0.1, 0.15) is 18.1 Å². The summed E-state index contributed by atoms with van der Waals surface area (Å²) >= 11 is 3.48. The molecule has 190 valence electrons. The molecule has 4 aromatic rings. The van der Waals surface area contributed by atoms with Gasteiger partial charge < -0.3 is 14.7 Å². The van der Waals surface area contributed by atoms with Crippen LogP contribution in [0.1, 0.15) is 33.9 Å². The van der Waals surface area contributed by atoms with E-state index in [9.17, 15) is 14.7 Å². The van der Waals surface area contributed by atoms with Crippen molar-refractivity contribution >= 4 is 33.4 Å². The number of amides is 1. The van der Waals surface area contributed by atoms with Crippen LogP contribution in [0.3, 0.4) is 0 Å². The number of aliphatic hydroxyl groups excluding tert-OH is 1. The minimum Gasteiger partial charge on any atom is -0.507 e. The first kappa shape index (κ1) is 25.4. The number of hydrogen-bond donors (Lipinski definition) is 1. The van der Waals surface area contributed by atoms with Crippen LogP contribution in [-0.4, -0.2) is 26.7 Å². The molecule has 1 fully saturated rings. The van der Waals surface area contributed by atoms with Crippen LogP contribution in [0.25, 0.3) is 5.76 Å². The molecule has 1 unspecified atom stereocenters. The molecule has 1 amide bonds. The number of carbonyl (C=O) groups excluding carboxylic acids is 2. The third-order valence-electron chi connectivity index (χ3n) is 6.42. The maximum atomic E-state index is 13.3. The molecule has 1 aliphatic rings. The van der Waals surface area contributed by atoms with Crippen LogP contribution in [0.2, 0.25) is 0 Å². The molecule has 38 heavy (non-hydrogen) atoms. The lowest BCUT2D eigenvalue weighted by Gasteiger charge is -2.25. The fraction of sp³-hybridized carbons (Fsp3) is 0.129. The average Bonchev–Trinajstić information content (AvgIpc) is 3.17. The van der Waals surface area contributed by atoms with Crippen LogP contribution in [-0.2, 0) is 22.7 Å². The Kier molecular flexibility index (Phi) is 7.38. The zero-order valence-electron chi connectivity index (χ0n) is 20.7. The summed E-state index contributed by atoms with van der Waals surface area (Å²) < 4.78 is 6.70. The normalized spacial score (nSPS) is 16.6. The average molecular weight is 569 g/mol. The number of Topliss-reactive ketones (excluding diaryl/α,β-unsaturated/α-hetero) is 1. The van der Waals surface area contributed by atoms with Gasteiger partial charge in [-0.25, -0.2) is 0 Å². The highest BCUT2D eigenvalue weighted by atomic mass is 79.9. The van der Waals surface area contributed by atoms with Gasteiger partial charge in [0, 0.05) is 29.0 Å². The Hall–Kier alpha value is -4.23. The quantitative estimate of drug-likeness (QED) is 0.159. The number of carbonyl (C=O) groups is 2.